The summed E-state index contributed by atoms with van der Waals surface area (Å²) in [6.07, 6.45) is 0.860. The predicted octanol–water partition coefficient (Wildman–Crippen LogP) is 4.23. The lowest BCUT2D eigenvalue weighted by Gasteiger charge is -2.15. The van der Waals surface area contributed by atoms with E-state index in [0.29, 0.717) is 30.1 Å². The molecule has 2 aromatic carbocycles. The molecule has 1 aliphatic rings. The Morgan fingerprint density at radius 3 is 2.79 bits per heavy atom. The van der Waals surface area contributed by atoms with Crippen LogP contribution in [0.2, 0.25) is 0 Å². The molecule has 3 aromatic rings. The van der Waals surface area contributed by atoms with Gasteiger partial charge in [0.05, 0.1) is 0 Å². The van der Waals surface area contributed by atoms with Crippen molar-refractivity contribution in [2.75, 3.05) is 13.1 Å². The highest BCUT2D eigenvalue weighted by Gasteiger charge is 2.28. The Bertz CT molecular complexity index is 893. The van der Waals surface area contributed by atoms with Gasteiger partial charge in [-0.25, -0.2) is 18.2 Å². The van der Waals surface area contributed by atoms with Crippen LogP contribution in [-0.2, 0) is 6.54 Å². The molecule has 3 nitrogen and oxygen atoms in total. The molecule has 1 aromatic heterocycles. The zero-order chi connectivity index (χ0) is 16.7. The third-order valence-corrected chi connectivity index (χ3v) is 4.38. The summed E-state index contributed by atoms with van der Waals surface area (Å²) in [4.78, 5) is 6.53. The molecule has 0 unspecified atom stereocenters. The van der Waals surface area contributed by atoms with Crippen LogP contribution in [0.25, 0.3) is 11.1 Å². The van der Waals surface area contributed by atoms with Crippen LogP contribution in [0.15, 0.2) is 40.8 Å². The molecule has 124 valence electrons. The fourth-order valence-corrected chi connectivity index (χ4v) is 3.17. The molecule has 6 heteroatoms. The van der Waals surface area contributed by atoms with E-state index in [2.05, 4.69) is 9.88 Å². The lowest BCUT2D eigenvalue weighted by molar-refractivity contribution is 0.320. The number of halogens is 3. The van der Waals surface area contributed by atoms with E-state index in [-0.39, 0.29) is 11.7 Å². The number of nitrogens with zero attached hydrogens (tertiary/aromatic N) is 2. The van der Waals surface area contributed by atoms with Gasteiger partial charge in [-0.3, -0.25) is 4.90 Å². The number of hydrogen-bond donors (Lipinski definition) is 0. The number of fused-ring (bicyclic) bond motifs is 1. The van der Waals surface area contributed by atoms with Crippen molar-refractivity contribution in [1.29, 1.82) is 0 Å². The number of aromatic nitrogens is 1. The second-order valence-electron chi connectivity index (χ2n) is 6.13. The van der Waals surface area contributed by atoms with E-state index in [1.165, 1.54) is 18.2 Å². The quantitative estimate of drug-likeness (QED) is 0.719. The molecule has 24 heavy (non-hydrogen) atoms. The first-order valence-electron chi connectivity index (χ1n) is 7.81. The molecule has 0 radical (unpaired) electrons. The normalized spacial score (nSPS) is 18.5. The van der Waals surface area contributed by atoms with Crippen molar-refractivity contribution in [3.63, 3.8) is 0 Å². The highest BCUT2D eigenvalue weighted by atomic mass is 19.2. The van der Waals surface area contributed by atoms with E-state index in [1.807, 2.05) is 0 Å². The number of oxazole rings is 1. The summed E-state index contributed by atoms with van der Waals surface area (Å²) < 4.78 is 45.3. The maximum absolute atomic E-state index is 13.3. The molecular weight excluding hydrogens is 317 g/mol. The maximum atomic E-state index is 13.3. The summed E-state index contributed by atoms with van der Waals surface area (Å²) in [5.74, 6) is -1.29. The predicted molar refractivity (Wildman–Crippen MR) is 83.0 cm³/mol. The van der Waals surface area contributed by atoms with Gasteiger partial charge in [-0.15, -0.1) is 0 Å². The van der Waals surface area contributed by atoms with Gasteiger partial charge in [-0.05, 0) is 42.8 Å². The Labute approximate surface area is 136 Å². The number of likely N-dealkylation sites (tertiary alicyclic amines) is 1. The van der Waals surface area contributed by atoms with Crippen molar-refractivity contribution in [2.45, 2.75) is 18.9 Å². The third-order valence-electron chi connectivity index (χ3n) is 4.38. The Morgan fingerprint density at radius 1 is 1.08 bits per heavy atom. The van der Waals surface area contributed by atoms with Crippen LogP contribution >= 0.6 is 0 Å². The molecule has 1 atom stereocenters. The van der Waals surface area contributed by atoms with Gasteiger partial charge in [0, 0.05) is 25.1 Å². The lowest BCUT2D eigenvalue weighted by atomic mass is 10.1. The molecule has 2 heterocycles. The zero-order valence-corrected chi connectivity index (χ0v) is 12.8. The van der Waals surface area contributed by atoms with Gasteiger partial charge in [0.1, 0.15) is 11.3 Å². The largest absolute Gasteiger partial charge is 0.440 e. The van der Waals surface area contributed by atoms with Crippen LogP contribution in [0, 0.1) is 17.5 Å². The van der Waals surface area contributed by atoms with Crippen molar-refractivity contribution < 1.29 is 17.6 Å². The fraction of sp³-hybridized carbons (Fsp3) is 0.278. The van der Waals surface area contributed by atoms with Gasteiger partial charge in [0.15, 0.2) is 23.1 Å². The summed E-state index contributed by atoms with van der Waals surface area (Å²) in [7, 11) is 0. The molecule has 1 aliphatic heterocycles. The van der Waals surface area contributed by atoms with E-state index < -0.39 is 11.6 Å². The SMILES string of the molecule is Fc1ccc2oc([C@H]3CCN(Cc4ccc(F)c(F)c4)C3)nc2c1. The molecule has 0 bridgehead atoms. The minimum Gasteiger partial charge on any atom is -0.440 e. The summed E-state index contributed by atoms with van der Waals surface area (Å²) in [6, 6.07) is 8.25. The monoisotopic (exact) mass is 332 g/mol. The van der Waals surface area contributed by atoms with Crippen LogP contribution in [-0.4, -0.2) is 23.0 Å². The molecule has 0 spiro atoms. The van der Waals surface area contributed by atoms with Gasteiger partial charge in [0.2, 0.25) is 0 Å². The smallest absolute Gasteiger partial charge is 0.199 e. The van der Waals surface area contributed by atoms with Gasteiger partial charge in [-0.2, -0.15) is 0 Å². The van der Waals surface area contributed by atoms with Gasteiger partial charge >= 0.3 is 0 Å². The first-order chi connectivity index (χ1) is 11.6. The molecule has 1 fully saturated rings. The molecule has 0 saturated carbocycles. The fourth-order valence-electron chi connectivity index (χ4n) is 3.17. The van der Waals surface area contributed by atoms with E-state index in [9.17, 15) is 13.2 Å². The summed E-state index contributed by atoms with van der Waals surface area (Å²) in [5, 5.41) is 0. The molecule has 0 amide bonds. The van der Waals surface area contributed by atoms with Crippen LogP contribution < -0.4 is 0 Å². The van der Waals surface area contributed by atoms with Crippen molar-refractivity contribution in [3.8, 4) is 0 Å². The Hall–Kier alpha value is -2.34. The average Bonchev–Trinajstić information content (AvgIpc) is 3.17. The molecular formula is C18H15F3N2O. The molecule has 0 N–H and O–H groups in total. The first kappa shape index (κ1) is 15.2. The van der Waals surface area contributed by atoms with Crippen LogP contribution in [0.4, 0.5) is 13.2 Å². The number of rotatable bonds is 3. The molecule has 1 saturated heterocycles. The first-order valence-corrected chi connectivity index (χ1v) is 7.81. The van der Waals surface area contributed by atoms with Crippen LogP contribution in [0.5, 0.6) is 0 Å². The van der Waals surface area contributed by atoms with Gasteiger partial charge < -0.3 is 4.42 Å². The highest BCUT2D eigenvalue weighted by molar-refractivity contribution is 5.72. The summed E-state index contributed by atoms with van der Waals surface area (Å²) in [5.41, 5.74) is 1.82. The Morgan fingerprint density at radius 2 is 1.96 bits per heavy atom. The van der Waals surface area contributed by atoms with Gasteiger partial charge in [-0.1, -0.05) is 6.07 Å². The van der Waals surface area contributed by atoms with Crippen molar-refractivity contribution in [3.05, 3.63) is 65.3 Å². The summed E-state index contributed by atoms with van der Waals surface area (Å²) >= 11 is 0. The minimum atomic E-state index is -0.836. The summed E-state index contributed by atoms with van der Waals surface area (Å²) in [6.45, 7) is 2.08. The van der Waals surface area contributed by atoms with Crippen molar-refractivity contribution in [1.82, 2.24) is 9.88 Å². The van der Waals surface area contributed by atoms with Gasteiger partial charge in [0.25, 0.3) is 0 Å². The lowest BCUT2D eigenvalue weighted by Crippen LogP contribution is -2.20. The minimum absolute atomic E-state index is 0.116. The highest BCUT2D eigenvalue weighted by Crippen LogP contribution is 2.30. The second-order valence-corrected chi connectivity index (χ2v) is 6.13. The van der Waals surface area contributed by atoms with Crippen molar-refractivity contribution in [2.24, 2.45) is 0 Å². The maximum Gasteiger partial charge on any atom is 0.199 e. The third kappa shape index (κ3) is 2.89. The van der Waals surface area contributed by atoms with E-state index >= 15 is 0 Å². The Kier molecular flexibility index (Phi) is 3.76. The number of hydrogen-bond acceptors (Lipinski definition) is 3. The molecule has 4 rings (SSSR count). The van der Waals surface area contributed by atoms with E-state index in [1.54, 1.807) is 12.1 Å². The molecule has 0 aliphatic carbocycles. The topological polar surface area (TPSA) is 29.3 Å². The zero-order valence-electron chi connectivity index (χ0n) is 12.8. The standard InChI is InChI=1S/C18H15F3N2O/c19-13-2-4-17-16(8-13)22-18(24-17)12-5-6-23(10-12)9-11-1-3-14(20)15(21)7-11/h1-4,7-8,12H,5-6,9-10H2/t12-/m0/s1. The average molecular weight is 332 g/mol. The Balaban J connectivity index is 1.47. The van der Waals surface area contributed by atoms with E-state index in [4.69, 9.17) is 4.42 Å². The van der Waals surface area contributed by atoms with Crippen LogP contribution in [0.1, 0.15) is 23.8 Å². The van der Waals surface area contributed by atoms with Crippen LogP contribution in [0.3, 0.4) is 0 Å². The van der Waals surface area contributed by atoms with E-state index in [0.717, 1.165) is 24.6 Å². The number of benzene rings is 2. The second kappa shape index (κ2) is 5.94. The van der Waals surface area contributed by atoms with Crippen molar-refractivity contribution >= 4 is 11.1 Å².